The van der Waals surface area contributed by atoms with E-state index >= 15 is 0 Å². The number of hydrogen-bond acceptors (Lipinski definition) is 4. The summed E-state index contributed by atoms with van der Waals surface area (Å²) in [4.78, 5) is 18.5. The third-order valence-electron chi connectivity index (χ3n) is 4.92. The molecule has 6 heteroatoms. The number of rotatable bonds is 7. The fourth-order valence-electron chi connectivity index (χ4n) is 3.28. The van der Waals surface area contributed by atoms with E-state index in [0.717, 1.165) is 27.6 Å². The van der Waals surface area contributed by atoms with Crippen LogP contribution in [0.25, 0.3) is 10.9 Å². The summed E-state index contributed by atoms with van der Waals surface area (Å²) in [6.45, 7) is 4.59. The number of carbonyl (C=O) groups excluding carboxylic acids is 1. The van der Waals surface area contributed by atoms with Crippen molar-refractivity contribution in [3.63, 3.8) is 0 Å². The first-order valence-corrected chi connectivity index (χ1v) is 9.81. The van der Waals surface area contributed by atoms with Crippen LogP contribution in [0, 0.1) is 6.92 Å². The van der Waals surface area contributed by atoms with E-state index in [1.807, 2.05) is 43.3 Å². The second kappa shape index (κ2) is 9.14. The number of carbonyl (C=O) groups is 1. The average molecular weight is 413 g/mol. The van der Waals surface area contributed by atoms with Crippen molar-refractivity contribution in [1.82, 2.24) is 9.88 Å². The molecule has 0 aliphatic rings. The van der Waals surface area contributed by atoms with Crippen molar-refractivity contribution in [2.24, 2.45) is 0 Å². The molecule has 0 aliphatic heterocycles. The number of hydrogen-bond donors (Lipinski definition) is 0. The quantitative estimate of drug-likeness (QED) is 0.523. The normalized spacial score (nSPS) is 10.8. The molecule has 152 valence electrons. The highest BCUT2D eigenvalue weighted by Crippen LogP contribution is 2.28. The summed E-state index contributed by atoms with van der Waals surface area (Å²) < 4.78 is 10.6. The molecule has 3 rings (SSSR count). The van der Waals surface area contributed by atoms with Gasteiger partial charge in [-0.1, -0.05) is 29.3 Å². The monoisotopic (exact) mass is 412 g/mol. The lowest BCUT2D eigenvalue weighted by molar-refractivity contribution is -0.129. The van der Waals surface area contributed by atoms with Gasteiger partial charge in [-0.15, -0.1) is 0 Å². The maximum absolute atomic E-state index is 12.2. The Hall–Kier alpha value is -2.79. The molecule has 3 aromatic rings. The van der Waals surface area contributed by atoms with Gasteiger partial charge < -0.3 is 14.4 Å². The molecule has 0 fully saturated rings. The van der Waals surface area contributed by atoms with Crippen LogP contribution in [0.1, 0.15) is 23.6 Å². The van der Waals surface area contributed by atoms with Crippen LogP contribution >= 0.6 is 11.6 Å². The SMILES string of the molecule is COc1ccc(CCN(Cc2cc3cc(C)ccc3nc2Cl)C(C)=O)cc1OC. The number of halogens is 1. The first-order valence-electron chi connectivity index (χ1n) is 9.43. The summed E-state index contributed by atoms with van der Waals surface area (Å²) >= 11 is 6.40. The number of fused-ring (bicyclic) bond motifs is 1. The van der Waals surface area contributed by atoms with Gasteiger partial charge in [0.1, 0.15) is 5.15 Å². The third kappa shape index (κ3) is 4.98. The predicted molar refractivity (Wildman–Crippen MR) is 116 cm³/mol. The molecule has 0 spiro atoms. The number of methoxy groups -OCH3 is 2. The largest absolute Gasteiger partial charge is 0.493 e. The highest BCUT2D eigenvalue weighted by Gasteiger charge is 2.14. The zero-order valence-electron chi connectivity index (χ0n) is 17.2. The van der Waals surface area contributed by atoms with Gasteiger partial charge in [0.2, 0.25) is 5.91 Å². The molecule has 1 amide bonds. The number of aryl methyl sites for hydroxylation is 1. The molecule has 1 heterocycles. The molecule has 0 bridgehead atoms. The number of benzene rings is 2. The highest BCUT2D eigenvalue weighted by atomic mass is 35.5. The predicted octanol–water partition coefficient (Wildman–Crippen LogP) is 4.81. The Kier molecular flexibility index (Phi) is 6.60. The Labute approximate surface area is 176 Å². The van der Waals surface area contributed by atoms with Crippen LogP contribution in [0.4, 0.5) is 0 Å². The van der Waals surface area contributed by atoms with Crippen LogP contribution in [0.2, 0.25) is 5.15 Å². The summed E-state index contributed by atoms with van der Waals surface area (Å²) in [5, 5.41) is 1.45. The van der Waals surface area contributed by atoms with Gasteiger partial charge in [0.25, 0.3) is 0 Å². The average Bonchev–Trinajstić information content (AvgIpc) is 2.71. The van der Waals surface area contributed by atoms with Crippen molar-refractivity contribution in [3.05, 3.63) is 64.3 Å². The molecular weight excluding hydrogens is 388 g/mol. The van der Waals surface area contributed by atoms with Crippen molar-refractivity contribution in [2.45, 2.75) is 26.8 Å². The Morgan fingerprint density at radius 3 is 2.52 bits per heavy atom. The van der Waals surface area contributed by atoms with E-state index < -0.39 is 0 Å². The molecule has 0 aliphatic carbocycles. The van der Waals surface area contributed by atoms with Gasteiger partial charge in [0.05, 0.1) is 19.7 Å². The Morgan fingerprint density at radius 1 is 1.07 bits per heavy atom. The van der Waals surface area contributed by atoms with Crippen molar-refractivity contribution in [1.29, 1.82) is 0 Å². The second-order valence-electron chi connectivity index (χ2n) is 7.01. The minimum absolute atomic E-state index is 0.00844. The highest BCUT2D eigenvalue weighted by molar-refractivity contribution is 6.30. The van der Waals surface area contributed by atoms with E-state index in [-0.39, 0.29) is 5.91 Å². The molecule has 0 saturated carbocycles. The van der Waals surface area contributed by atoms with E-state index in [4.69, 9.17) is 21.1 Å². The molecule has 5 nitrogen and oxygen atoms in total. The number of aromatic nitrogens is 1. The van der Waals surface area contributed by atoms with Crippen molar-refractivity contribution in [2.75, 3.05) is 20.8 Å². The summed E-state index contributed by atoms with van der Waals surface area (Å²) in [7, 11) is 3.22. The van der Waals surface area contributed by atoms with Gasteiger partial charge in [-0.3, -0.25) is 4.79 Å². The zero-order chi connectivity index (χ0) is 21.0. The zero-order valence-corrected chi connectivity index (χ0v) is 17.9. The van der Waals surface area contributed by atoms with Crippen molar-refractivity contribution in [3.8, 4) is 11.5 Å². The Morgan fingerprint density at radius 2 is 1.83 bits per heavy atom. The van der Waals surface area contributed by atoms with E-state index in [1.54, 1.807) is 26.0 Å². The number of ether oxygens (including phenoxy) is 2. The van der Waals surface area contributed by atoms with E-state index in [1.165, 1.54) is 0 Å². The van der Waals surface area contributed by atoms with Crippen LogP contribution in [-0.4, -0.2) is 36.6 Å². The topological polar surface area (TPSA) is 51.7 Å². The van der Waals surface area contributed by atoms with Gasteiger partial charge in [0, 0.05) is 31.0 Å². The molecule has 1 aromatic heterocycles. The summed E-state index contributed by atoms with van der Waals surface area (Å²) in [6.07, 6.45) is 0.692. The molecule has 0 radical (unpaired) electrons. The van der Waals surface area contributed by atoms with Crippen LogP contribution in [0.15, 0.2) is 42.5 Å². The van der Waals surface area contributed by atoms with E-state index in [0.29, 0.717) is 36.2 Å². The lowest BCUT2D eigenvalue weighted by atomic mass is 10.1. The maximum atomic E-state index is 12.2. The fraction of sp³-hybridized carbons (Fsp3) is 0.304. The molecule has 0 atom stereocenters. The molecule has 0 N–H and O–H groups in total. The van der Waals surface area contributed by atoms with Gasteiger partial charge >= 0.3 is 0 Å². The molecular formula is C23H25ClN2O3. The van der Waals surface area contributed by atoms with E-state index in [2.05, 4.69) is 11.1 Å². The minimum Gasteiger partial charge on any atom is -0.493 e. The first kappa shape index (κ1) is 20.9. The molecule has 2 aromatic carbocycles. The first-order chi connectivity index (χ1) is 13.9. The van der Waals surface area contributed by atoms with Gasteiger partial charge in [-0.05, 0) is 49.2 Å². The van der Waals surface area contributed by atoms with Gasteiger partial charge in [0.15, 0.2) is 11.5 Å². The van der Waals surface area contributed by atoms with Gasteiger partial charge in [-0.25, -0.2) is 4.98 Å². The second-order valence-corrected chi connectivity index (χ2v) is 7.37. The molecule has 0 unspecified atom stereocenters. The lowest BCUT2D eigenvalue weighted by Crippen LogP contribution is -2.30. The number of amides is 1. The number of pyridine rings is 1. The Balaban J connectivity index is 1.78. The molecule has 0 saturated heterocycles. The molecule has 29 heavy (non-hydrogen) atoms. The fourth-order valence-corrected chi connectivity index (χ4v) is 3.49. The van der Waals surface area contributed by atoms with Crippen molar-refractivity contribution < 1.29 is 14.3 Å². The lowest BCUT2D eigenvalue weighted by Gasteiger charge is -2.22. The van der Waals surface area contributed by atoms with Crippen LogP contribution in [0.3, 0.4) is 0 Å². The summed E-state index contributed by atoms with van der Waals surface area (Å²) in [6, 6.07) is 13.8. The third-order valence-corrected chi connectivity index (χ3v) is 5.25. The van der Waals surface area contributed by atoms with E-state index in [9.17, 15) is 4.79 Å². The van der Waals surface area contributed by atoms with Gasteiger partial charge in [-0.2, -0.15) is 0 Å². The standard InChI is InChI=1S/C23H25ClN2O3/c1-15-5-7-20-18(11-15)13-19(23(24)25-20)14-26(16(2)27)10-9-17-6-8-21(28-3)22(12-17)29-4/h5-8,11-13H,9-10,14H2,1-4H3. The summed E-state index contributed by atoms with van der Waals surface area (Å²) in [5.41, 5.74) is 3.91. The minimum atomic E-state index is -0.00844. The van der Waals surface area contributed by atoms with Crippen LogP contribution in [0.5, 0.6) is 11.5 Å². The van der Waals surface area contributed by atoms with Crippen LogP contribution < -0.4 is 9.47 Å². The summed E-state index contributed by atoms with van der Waals surface area (Å²) in [5.74, 6) is 1.35. The van der Waals surface area contributed by atoms with Crippen LogP contribution in [-0.2, 0) is 17.8 Å². The van der Waals surface area contributed by atoms with Crippen molar-refractivity contribution >= 4 is 28.4 Å². The smallest absolute Gasteiger partial charge is 0.219 e. The maximum Gasteiger partial charge on any atom is 0.219 e. The Bertz CT molecular complexity index is 1040. The number of nitrogens with zero attached hydrogens (tertiary/aromatic N) is 2.